The summed E-state index contributed by atoms with van der Waals surface area (Å²) in [6.45, 7) is 4.16. The third-order valence-electron chi connectivity index (χ3n) is 6.14. The van der Waals surface area contributed by atoms with E-state index in [1.807, 2.05) is 12.1 Å². The Hall–Kier alpha value is -2.55. The van der Waals surface area contributed by atoms with Crippen molar-refractivity contribution >= 4 is 29.1 Å². The maximum Gasteiger partial charge on any atom is 0.255 e. The molecule has 0 spiro atoms. The predicted octanol–water partition coefficient (Wildman–Crippen LogP) is 1.66. The number of thiophene rings is 1. The number of hydrogen-bond acceptors (Lipinski definition) is 6. The van der Waals surface area contributed by atoms with Crippen LogP contribution in [0.4, 0.5) is 0 Å². The first-order valence-corrected chi connectivity index (χ1v) is 11.2. The average Bonchev–Trinajstić information content (AvgIpc) is 3.37. The average molecular weight is 425 g/mol. The normalized spacial score (nSPS) is 24.8. The van der Waals surface area contributed by atoms with Crippen LogP contribution in [-0.2, 0) is 22.7 Å². The van der Waals surface area contributed by atoms with Crippen LogP contribution in [0.5, 0.6) is 0 Å². The molecule has 0 radical (unpaired) electrons. The Balaban J connectivity index is 1.27. The van der Waals surface area contributed by atoms with Crippen molar-refractivity contribution in [2.75, 3.05) is 19.6 Å². The Kier molecular flexibility index (Phi) is 5.14. The third kappa shape index (κ3) is 3.66. The maximum atomic E-state index is 12.8. The molecule has 3 aliphatic heterocycles. The van der Waals surface area contributed by atoms with Gasteiger partial charge in [-0.05, 0) is 35.1 Å². The molecule has 3 aliphatic rings. The van der Waals surface area contributed by atoms with Crippen molar-refractivity contribution in [3.05, 3.63) is 57.3 Å². The molecule has 3 amide bonds. The Labute approximate surface area is 179 Å². The smallest absolute Gasteiger partial charge is 0.255 e. The van der Waals surface area contributed by atoms with Crippen LogP contribution in [0, 0.1) is 0 Å². The predicted molar refractivity (Wildman–Crippen MR) is 113 cm³/mol. The summed E-state index contributed by atoms with van der Waals surface area (Å²) in [6.07, 6.45) is 0.665. The van der Waals surface area contributed by atoms with Crippen LogP contribution in [0.2, 0.25) is 0 Å². The molecule has 2 saturated heterocycles. The van der Waals surface area contributed by atoms with Gasteiger partial charge in [0.15, 0.2) is 0 Å². The minimum absolute atomic E-state index is 0.119. The van der Waals surface area contributed by atoms with Crippen LogP contribution < -0.4 is 10.6 Å². The van der Waals surface area contributed by atoms with Gasteiger partial charge in [0.1, 0.15) is 6.04 Å². The van der Waals surface area contributed by atoms with E-state index >= 15 is 0 Å². The monoisotopic (exact) mass is 424 g/mol. The Morgan fingerprint density at radius 2 is 2.07 bits per heavy atom. The Morgan fingerprint density at radius 3 is 2.87 bits per heavy atom. The van der Waals surface area contributed by atoms with E-state index in [9.17, 15) is 14.4 Å². The van der Waals surface area contributed by atoms with E-state index in [0.29, 0.717) is 24.6 Å². The molecule has 1 aromatic carbocycles. The van der Waals surface area contributed by atoms with E-state index in [2.05, 4.69) is 39.1 Å². The number of nitrogens with one attached hydrogen (secondary N) is 2. The van der Waals surface area contributed by atoms with Crippen LogP contribution >= 0.6 is 11.3 Å². The second-order valence-corrected chi connectivity index (χ2v) is 9.13. The molecule has 0 aliphatic carbocycles. The Morgan fingerprint density at radius 1 is 1.17 bits per heavy atom. The van der Waals surface area contributed by atoms with Crippen LogP contribution in [0.15, 0.2) is 35.7 Å². The minimum Gasteiger partial charge on any atom is -0.322 e. The van der Waals surface area contributed by atoms with Gasteiger partial charge in [-0.1, -0.05) is 18.2 Å². The molecular weight excluding hydrogens is 400 g/mol. The van der Waals surface area contributed by atoms with Crippen molar-refractivity contribution in [3.63, 3.8) is 0 Å². The lowest BCUT2D eigenvalue weighted by Gasteiger charge is -2.33. The highest BCUT2D eigenvalue weighted by Gasteiger charge is 2.39. The van der Waals surface area contributed by atoms with E-state index in [0.717, 1.165) is 31.7 Å². The van der Waals surface area contributed by atoms with Gasteiger partial charge in [-0.3, -0.25) is 24.6 Å². The molecule has 30 heavy (non-hydrogen) atoms. The summed E-state index contributed by atoms with van der Waals surface area (Å²) < 4.78 is 0. The van der Waals surface area contributed by atoms with E-state index in [1.54, 1.807) is 16.2 Å². The minimum atomic E-state index is -0.564. The largest absolute Gasteiger partial charge is 0.322 e. The molecule has 2 N–H and O–H groups in total. The number of rotatable bonds is 4. The van der Waals surface area contributed by atoms with Gasteiger partial charge in [-0.15, -0.1) is 11.3 Å². The lowest BCUT2D eigenvalue weighted by molar-refractivity contribution is -0.136. The number of piperazine rings is 1. The molecule has 7 nitrogen and oxygen atoms in total. The summed E-state index contributed by atoms with van der Waals surface area (Å²) in [4.78, 5) is 41.9. The number of carbonyl (C=O) groups excluding carboxylic acids is 3. The highest BCUT2D eigenvalue weighted by Crippen LogP contribution is 2.29. The molecular formula is C22H24N4O3S. The van der Waals surface area contributed by atoms with Crippen molar-refractivity contribution in [2.45, 2.75) is 38.0 Å². The van der Waals surface area contributed by atoms with Gasteiger partial charge in [0.2, 0.25) is 11.8 Å². The van der Waals surface area contributed by atoms with Crippen molar-refractivity contribution in [1.82, 2.24) is 20.4 Å². The van der Waals surface area contributed by atoms with Gasteiger partial charge in [-0.25, -0.2) is 0 Å². The number of carbonyl (C=O) groups is 3. The van der Waals surface area contributed by atoms with Crippen LogP contribution in [0.3, 0.4) is 0 Å². The Bertz CT molecular complexity index is 990. The second-order valence-electron chi connectivity index (χ2n) is 8.15. The molecule has 4 heterocycles. The number of amides is 3. The fraction of sp³-hybridized carbons (Fsp3) is 0.409. The molecule has 2 aromatic rings. The number of piperidine rings is 1. The topological polar surface area (TPSA) is 81.8 Å². The number of benzene rings is 1. The van der Waals surface area contributed by atoms with E-state index in [4.69, 9.17) is 0 Å². The first-order valence-electron chi connectivity index (χ1n) is 10.3. The molecule has 1 aromatic heterocycles. The van der Waals surface area contributed by atoms with Crippen LogP contribution in [-0.4, -0.2) is 53.2 Å². The van der Waals surface area contributed by atoms with E-state index in [-0.39, 0.29) is 24.1 Å². The highest BCUT2D eigenvalue weighted by atomic mass is 32.1. The van der Waals surface area contributed by atoms with Gasteiger partial charge in [0.05, 0.1) is 6.04 Å². The fourth-order valence-electron chi connectivity index (χ4n) is 4.62. The van der Waals surface area contributed by atoms with Gasteiger partial charge in [-0.2, -0.15) is 0 Å². The molecule has 0 bridgehead atoms. The fourth-order valence-corrected chi connectivity index (χ4v) is 5.41. The van der Waals surface area contributed by atoms with Crippen LogP contribution in [0.1, 0.15) is 45.2 Å². The highest BCUT2D eigenvalue weighted by molar-refractivity contribution is 7.10. The van der Waals surface area contributed by atoms with Crippen LogP contribution in [0.25, 0.3) is 0 Å². The number of imide groups is 1. The lowest BCUT2D eigenvalue weighted by atomic mass is 10.0. The molecule has 2 fully saturated rings. The summed E-state index contributed by atoms with van der Waals surface area (Å²) in [6, 6.07) is 10.1. The van der Waals surface area contributed by atoms with Crippen molar-refractivity contribution in [2.24, 2.45) is 0 Å². The first kappa shape index (κ1) is 19.4. The van der Waals surface area contributed by atoms with E-state index in [1.165, 1.54) is 10.4 Å². The summed E-state index contributed by atoms with van der Waals surface area (Å²) in [5.41, 5.74) is 2.81. The third-order valence-corrected chi connectivity index (χ3v) is 7.13. The molecule has 156 valence electrons. The molecule has 0 saturated carbocycles. The quantitative estimate of drug-likeness (QED) is 0.730. The van der Waals surface area contributed by atoms with E-state index < -0.39 is 6.04 Å². The summed E-state index contributed by atoms with van der Waals surface area (Å²) in [7, 11) is 0. The number of fused-ring (bicyclic) bond motifs is 1. The summed E-state index contributed by atoms with van der Waals surface area (Å²) in [5, 5.41) is 8.05. The van der Waals surface area contributed by atoms with Crippen molar-refractivity contribution in [3.8, 4) is 0 Å². The summed E-state index contributed by atoms with van der Waals surface area (Å²) >= 11 is 1.78. The van der Waals surface area contributed by atoms with Crippen molar-refractivity contribution in [1.29, 1.82) is 0 Å². The zero-order chi connectivity index (χ0) is 20.7. The van der Waals surface area contributed by atoms with Gasteiger partial charge in [0.25, 0.3) is 5.91 Å². The summed E-state index contributed by atoms with van der Waals surface area (Å²) in [5.74, 6) is -0.751. The van der Waals surface area contributed by atoms with Gasteiger partial charge < -0.3 is 10.2 Å². The number of hydrogen-bond donors (Lipinski definition) is 2. The van der Waals surface area contributed by atoms with Gasteiger partial charge in [0, 0.05) is 49.6 Å². The first-order chi connectivity index (χ1) is 14.6. The maximum absolute atomic E-state index is 12.8. The molecule has 5 rings (SSSR count). The zero-order valence-electron chi connectivity index (χ0n) is 16.6. The second kappa shape index (κ2) is 7.94. The molecule has 2 atom stereocenters. The lowest BCUT2D eigenvalue weighted by Crippen LogP contribution is -2.52. The SMILES string of the molecule is O=C1CCC(N2Cc3cc(CN4CCNC(c5cccs5)C4)ccc3C2=O)C(=O)N1. The number of nitrogens with zero attached hydrogens (tertiary/aromatic N) is 2. The molecule has 8 heteroatoms. The molecule has 2 unspecified atom stereocenters. The van der Waals surface area contributed by atoms with Crippen molar-refractivity contribution < 1.29 is 14.4 Å². The standard InChI is InChI=1S/C22H24N4O3S/c27-20-6-5-18(21(28)24-20)26-12-15-10-14(3-4-16(15)22(26)29)11-25-8-7-23-17(13-25)19-2-1-9-30-19/h1-4,9-10,17-18,23H,5-8,11-13H2,(H,24,27,28). The zero-order valence-corrected chi connectivity index (χ0v) is 17.4. The van der Waals surface area contributed by atoms with Gasteiger partial charge >= 0.3 is 0 Å².